The Morgan fingerprint density at radius 1 is 1.19 bits per heavy atom. The highest BCUT2D eigenvalue weighted by Crippen LogP contribution is 2.42. The zero-order valence-electron chi connectivity index (χ0n) is 15.7. The van der Waals surface area contributed by atoms with E-state index >= 15 is 0 Å². The van der Waals surface area contributed by atoms with Gasteiger partial charge < -0.3 is 4.90 Å². The molecule has 0 saturated heterocycles. The maximum Gasteiger partial charge on any atom is 0.435 e. The topological polar surface area (TPSA) is 72.8 Å². The van der Waals surface area contributed by atoms with E-state index in [0.29, 0.717) is 11.3 Å². The molecule has 3 aromatic rings. The Hall–Kier alpha value is -3.19. The van der Waals surface area contributed by atoms with Crippen molar-refractivity contribution in [2.75, 3.05) is 11.4 Å². The van der Waals surface area contributed by atoms with Crippen molar-refractivity contribution in [1.29, 1.82) is 5.26 Å². The van der Waals surface area contributed by atoms with E-state index in [0.717, 1.165) is 10.5 Å². The van der Waals surface area contributed by atoms with Gasteiger partial charge >= 0.3 is 6.18 Å². The number of hydrogen-bond acceptors (Lipinski definition) is 3. The quantitative estimate of drug-likeness (QED) is 0.487. The molecule has 10 heteroatoms. The first-order chi connectivity index (χ1) is 14.7. The van der Waals surface area contributed by atoms with Gasteiger partial charge in [0.15, 0.2) is 5.69 Å². The Morgan fingerprint density at radius 2 is 1.90 bits per heavy atom. The zero-order valence-corrected chi connectivity index (χ0v) is 17.3. The second kappa shape index (κ2) is 7.81. The van der Waals surface area contributed by atoms with Crippen LogP contribution in [0.5, 0.6) is 0 Å². The van der Waals surface area contributed by atoms with Crippen LogP contribution in [0.25, 0.3) is 0 Å². The molecule has 2 heterocycles. The van der Waals surface area contributed by atoms with Crippen LogP contribution in [0.4, 0.5) is 23.2 Å². The number of nitriles is 1. The van der Waals surface area contributed by atoms with Gasteiger partial charge in [0.2, 0.25) is 0 Å². The van der Waals surface area contributed by atoms with Gasteiger partial charge in [-0.25, -0.2) is 4.39 Å². The Labute approximate surface area is 182 Å². The van der Waals surface area contributed by atoms with Gasteiger partial charge in [0.05, 0.1) is 5.56 Å². The highest BCUT2D eigenvalue weighted by molar-refractivity contribution is 9.10. The number of rotatable bonds is 2. The molecule has 1 aromatic heterocycles. The van der Waals surface area contributed by atoms with Gasteiger partial charge in [0, 0.05) is 28.2 Å². The van der Waals surface area contributed by atoms with Crippen molar-refractivity contribution >= 4 is 27.5 Å². The number of hydrogen-bond donors (Lipinski definition) is 1. The number of carbonyl (C=O) groups excluding carboxylic acids is 1. The van der Waals surface area contributed by atoms with Gasteiger partial charge in [-0.2, -0.15) is 23.5 Å². The van der Waals surface area contributed by atoms with Crippen LogP contribution in [-0.4, -0.2) is 22.6 Å². The van der Waals surface area contributed by atoms with Gasteiger partial charge in [-0.05, 0) is 48.4 Å². The summed E-state index contributed by atoms with van der Waals surface area (Å²) < 4.78 is 55.7. The summed E-state index contributed by atoms with van der Waals surface area (Å²) in [5.74, 6) is -2.33. The van der Waals surface area contributed by atoms with Gasteiger partial charge in [-0.1, -0.05) is 22.0 Å². The number of carbonyl (C=O) groups is 1. The SMILES string of the molecule is N#Cc1cc(C2CCN(c3ccc(Br)cc3)C(=O)c3[nH]nc(C(F)(F)F)c32)ccc1F. The molecule has 1 unspecified atom stereocenters. The Kier molecular flexibility index (Phi) is 5.31. The van der Waals surface area contributed by atoms with Crippen LogP contribution >= 0.6 is 15.9 Å². The molecule has 5 nitrogen and oxygen atoms in total. The second-order valence-corrected chi connectivity index (χ2v) is 7.90. The number of nitrogens with one attached hydrogen (secondary N) is 1. The van der Waals surface area contributed by atoms with Crippen molar-refractivity contribution in [2.24, 2.45) is 0 Å². The maximum absolute atomic E-state index is 13.8. The molecule has 2 aromatic carbocycles. The molecular weight excluding hydrogens is 480 g/mol. The predicted octanol–water partition coefficient (Wildman–Crippen LogP) is 5.38. The number of amides is 1. The van der Waals surface area contributed by atoms with E-state index in [-0.39, 0.29) is 29.8 Å². The van der Waals surface area contributed by atoms with Crippen molar-refractivity contribution in [2.45, 2.75) is 18.5 Å². The minimum Gasteiger partial charge on any atom is -0.307 e. The number of nitrogens with zero attached hydrogens (tertiary/aromatic N) is 3. The van der Waals surface area contributed by atoms with Crippen LogP contribution in [0, 0.1) is 17.1 Å². The van der Waals surface area contributed by atoms with Gasteiger partial charge in [0.1, 0.15) is 17.6 Å². The number of H-pyrrole nitrogens is 1. The molecule has 1 aliphatic rings. The Balaban J connectivity index is 1.88. The van der Waals surface area contributed by atoms with Gasteiger partial charge in [-0.3, -0.25) is 9.89 Å². The van der Waals surface area contributed by atoms with E-state index in [9.17, 15) is 22.4 Å². The highest BCUT2D eigenvalue weighted by atomic mass is 79.9. The molecule has 0 saturated carbocycles. The van der Waals surface area contributed by atoms with E-state index in [1.807, 2.05) is 0 Å². The molecule has 31 heavy (non-hydrogen) atoms. The number of anilines is 1. The lowest BCUT2D eigenvalue weighted by Crippen LogP contribution is -2.31. The molecule has 1 N–H and O–H groups in total. The lowest BCUT2D eigenvalue weighted by molar-refractivity contribution is -0.141. The van der Waals surface area contributed by atoms with Crippen LogP contribution in [-0.2, 0) is 6.18 Å². The van der Waals surface area contributed by atoms with Crippen molar-refractivity contribution in [1.82, 2.24) is 10.2 Å². The summed E-state index contributed by atoms with van der Waals surface area (Å²) >= 11 is 3.31. The third kappa shape index (κ3) is 3.81. The molecule has 0 aliphatic carbocycles. The predicted molar refractivity (Wildman–Crippen MR) is 107 cm³/mol. The first-order valence-electron chi connectivity index (χ1n) is 9.13. The molecule has 1 atom stereocenters. The molecule has 1 amide bonds. The largest absolute Gasteiger partial charge is 0.435 e. The summed E-state index contributed by atoms with van der Waals surface area (Å²) in [7, 11) is 0. The summed E-state index contributed by atoms with van der Waals surface area (Å²) in [5, 5.41) is 14.8. The Morgan fingerprint density at radius 3 is 2.55 bits per heavy atom. The summed E-state index contributed by atoms with van der Waals surface area (Å²) in [6.07, 6.45) is -4.68. The fraction of sp³-hybridized carbons (Fsp3) is 0.190. The standard InChI is InChI=1S/C21H13BrF4N4O/c22-13-2-4-14(5-3-13)30-8-7-15(11-1-6-16(23)12(9-11)10-27)17-18(20(30)31)28-29-19(17)21(24,25)26/h1-6,9,15H,7-8H2,(H,28,29). The first-order valence-corrected chi connectivity index (χ1v) is 9.92. The van der Waals surface area contributed by atoms with E-state index < -0.39 is 29.5 Å². The third-order valence-electron chi connectivity index (χ3n) is 5.17. The molecule has 0 fully saturated rings. The summed E-state index contributed by atoms with van der Waals surface area (Å²) in [5.41, 5.74) is -1.23. The van der Waals surface area contributed by atoms with Crippen molar-refractivity contribution in [3.05, 3.63) is 80.8 Å². The summed E-state index contributed by atoms with van der Waals surface area (Å²) in [4.78, 5) is 14.6. The number of halogens is 5. The van der Waals surface area contributed by atoms with Crippen LogP contribution in [0.2, 0.25) is 0 Å². The van der Waals surface area contributed by atoms with Crippen molar-refractivity contribution in [3.8, 4) is 6.07 Å². The molecule has 4 rings (SSSR count). The van der Waals surface area contributed by atoms with Crippen LogP contribution in [0.15, 0.2) is 46.9 Å². The van der Waals surface area contributed by atoms with Gasteiger partial charge in [0.25, 0.3) is 5.91 Å². The monoisotopic (exact) mass is 492 g/mol. The molecular formula is C21H13BrF4N4O. The summed E-state index contributed by atoms with van der Waals surface area (Å²) in [6, 6.07) is 12.1. The molecule has 0 radical (unpaired) electrons. The second-order valence-electron chi connectivity index (χ2n) is 6.98. The number of alkyl halides is 3. The summed E-state index contributed by atoms with van der Waals surface area (Å²) in [6.45, 7) is 0.115. The number of aromatic nitrogens is 2. The van der Waals surface area contributed by atoms with E-state index in [1.165, 1.54) is 17.0 Å². The fourth-order valence-corrected chi connectivity index (χ4v) is 4.02. The third-order valence-corrected chi connectivity index (χ3v) is 5.70. The van der Waals surface area contributed by atoms with Crippen molar-refractivity contribution in [3.63, 3.8) is 0 Å². The smallest absolute Gasteiger partial charge is 0.307 e. The number of fused-ring (bicyclic) bond motifs is 1. The van der Waals surface area contributed by atoms with Crippen LogP contribution in [0.3, 0.4) is 0 Å². The minimum absolute atomic E-state index is 0.115. The molecule has 158 valence electrons. The zero-order chi connectivity index (χ0) is 22.3. The van der Waals surface area contributed by atoms with E-state index in [2.05, 4.69) is 26.1 Å². The molecule has 0 spiro atoms. The first kappa shape index (κ1) is 21.1. The molecule has 1 aliphatic heterocycles. The van der Waals surface area contributed by atoms with E-state index in [1.54, 1.807) is 30.3 Å². The van der Waals surface area contributed by atoms with E-state index in [4.69, 9.17) is 5.26 Å². The molecule has 0 bridgehead atoms. The lowest BCUT2D eigenvalue weighted by atomic mass is 9.86. The Bertz CT molecular complexity index is 1200. The highest BCUT2D eigenvalue weighted by Gasteiger charge is 2.43. The average Bonchev–Trinajstić information content (AvgIpc) is 3.12. The number of benzene rings is 2. The van der Waals surface area contributed by atoms with Crippen LogP contribution in [0.1, 0.15) is 45.2 Å². The fourth-order valence-electron chi connectivity index (χ4n) is 3.75. The average molecular weight is 493 g/mol. The maximum atomic E-state index is 13.8. The normalized spacial score (nSPS) is 16.6. The van der Waals surface area contributed by atoms with Crippen molar-refractivity contribution < 1.29 is 22.4 Å². The van der Waals surface area contributed by atoms with Gasteiger partial charge in [-0.15, -0.1) is 0 Å². The van der Waals surface area contributed by atoms with Crippen LogP contribution < -0.4 is 4.90 Å². The lowest BCUT2D eigenvalue weighted by Gasteiger charge is -2.21. The minimum atomic E-state index is -4.80. The number of aromatic amines is 1.